The van der Waals surface area contributed by atoms with Gasteiger partial charge in [-0.1, -0.05) is 41.9 Å². The van der Waals surface area contributed by atoms with Crippen molar-refractivity contribution in [1.29, 1.82) is 0 Å². The van der Waals surface area contributed by atoms with Gasteiger partial charge < -0.3 is 19.7 Å². The van der Waals surface area contributed by atoms with Gasteiger partial charge in [-0.05, 0) is 49.1 Å². The summed E-state index contributed by atoms with van der Waals surface area (Å²) in [4.78, 5) is 27.8. The highest BCUT2D eigenvalue weighted by molar-refractivity contribution is 9.10. The Morgan fingerprint density at radius 2 is 1.68 bits per heavy atom. The van der Waals surface area contributed by atoms with E-state index in [0.29, 0.717) is 36.9 Å². The lowest BCUT2D eigenvalue weighted by atomic mass is 10.1. The van der Waals surface area contributed by atoms with E-state index in [4.69, 9.17) is 9.47 Å². The van der Waals surface area contributed by atoms with Crippen LogP contribution in [0.3, 0.4) is 0 Å². The minimum absolute atomic E-state index is 0.0783. The molecule has 2 aromatic rings. The molecule has 38 heavy (non-hydrogen) atoms. The first kappa shape index (κ1) is 29.8. The fraction of sp³-hybridized carbons (Fsp3) is 0.481. The van der Waals surface area contributed by atoms with Crippen LogP contribution in [0.25, 0.3) is 0 Å². The standard InChI is InChI=1S/C27H36BrN3O6S/c1-19(2)17-29-27(33)20(3)30(18-21-7-9-22(28)10-8-21)26(32)6-5-13-31(38(4,34)35)23-11-12-24-25(16-23)37-15-14-36-24/h7-12,16,19-20H,5-6,13-15,17-18H2,1-4H3,(H,29,33). The van der Waals surface area contributed by atoms with Gasteiger partial charge in [-0.3, -0.25) is 13.9 Å². The van der Waals surface area contributed by atoms with Crippen molar-refractivity contribution in [2.24, 2.45) is 5.92 Å². The molecule has 208 valence electrons. The molecule has 2 aromatic carbocycles. The molecule has 0 bridgehead atoms. The molecule has 0 aromatic heterocycles. The highest BCUT2D eigenvalue weighted by atomic mass is 79.9. The van der Waals surface area contributed by atoms with E-state index in [1.165, 1.54) is 4.31 Å². The quantitative estimate of drug-likeness (QED) is 0.390. The number of amides is 2. The van der Waals surface area contributed by atoms with Crippen LogP contribution >= 0.6 is 15.9 Å². The van der Waals surface area contributed by atoms with Crippen molar-refractivity contribution < 1.29 is 27.5 Å². The topological polar surface area (TPSA) is 105 Å². The lowest BCUT2D eigenvalue weighted by Gasteiger charge is -2.30. The molecule has 1 aliphatic heterocycles. The number of fused-ring (bicyclic) bond motifs is 1. The number of hydrogen-bond donors (Lipinski definition) is 1. The van der Waals surface area contributed by atoms with Crippen LogP contribution in [-0.4, -0.2) is 63.7 Å². The van der Waals surface area contributed by atoms with Crippen LogP contribution in [0.15, 0.2) is 46.9 Å². The number of nitrogens with zero attached hydrogens (tertiary/aromatic N) is 2. The summed E-state index contributed by atoms with van der Waals surface area (Å²) in [7, 11) is -3.62. The summed E-state index contributed by atoms with van der Waals surface area (Å²) >= 11 is 3.42. The van der Waals surface area contributed by atoms with Gasteiger partial charge in [0.05, 0.1) is 11.9 Å². The largest absolute Gasteiger partial charge is 0.486 e. The van der Waals surface area contributed by atoms with E-state index in [0.717, 1.165) is 16.3 Å². The Balaban J connectivity index is 1.72. The average Bonchev–Trinajstić information content (AvgIpc) is 2.87. The Bertz CT molecular complexity index is 1220. The Morgan fingerprint density at radius 3 is 2.32 bits per heavy atom. The Morgan fingerprint density at radius 1 is 1.03 bits per heavy atom. The molecule has 0 saturated heterocycles. The third-order valence-corrected chi connectivity index (χ3v) is 7.81. The molecular formula is C27H36BrN3O6S. The molecule has 9 nitrogen and oxygen atoms in total. The molecule has 0 saturated carbocycles. The van der Waals surface area contributed by atoms with Crippen LogP contribution in [-0.2, 0) is 26.2 Å². The van der Waals surface area contributed by atoms with Gasteiger partial charge in [0.25, 0.3) is 0 Å². The third-order valence-electron chi connectivity index (χ3n) is 6.08. The van der Waals surface area contributed by atoms with Gasteiger partial charge in [-0.25, -0.2) is 8.42 Å². The predicted molar refractivity (Wildman–Crippen MR) is 151 cm³/mol. The Kier molecular flexibility index (Phi) is 10.4. The number of nitrogens with one attached hydrogen (secondary N) is 1. The summed E-state index contributed by atoms with van der Waals surface area (Å²) in [5, 5.41) is 2.90. The molecule has 0 spiro atoms. The molecule has 1 heterocycles. The van der Waals surface area contributed by atoms with Crippen LogP contribution in [0.1, 0.15) is 39.2 Å². The van der Waals surface area contributed by atoms with Crippen LogP contribution in [0, 0.1) is 5.92 Å². The number of sulfonamides is 1. The number of carbonyl (C=O) groups excluding carboxylic acids is 2. The summed E-state index contributed by atoms with van der Waals surface area (Å²) in [6.07, 6.45) is 1.49. The van der Waals surface area contributed by atoms with Gasteiger partial charge in [-0.15, -0.1) is 0 Å². The lowest BCUT2D eigenvalue weighted by Crippen LogP contribution is -2.48. The van der Waals surface area contributed by atoms with Crippen molar-refractivity contribution in [3.05, 3.63) is 52.5 Å². The van der Waals surface area contributed by atoms with E-state index in [1.807, 2.05) is 38.1 Å². The highest BCUT2D eigenvalue weighted by Gasteiger charge is 2.27. The molecular weight excluding hydrogens is 574 g/mol. The number of anilines is 1. The average molecular weight is 611 g/mol. The first-order valence-corrected chi connectivity index (χ1v) is 15.3. The van der Waals surface area contributed by atoms with Gasteiger partial charge in [0.2, 0.25) is 21.8 Å². The monoisotopic (exact) mass is 609 g/mol. The van der Waals surface area contributed by atoms with Gasteiger partial charge >= 0.3 is 0 Å². The lowest BCUT2D eigenvalue weighted by molar-refractivity contribution is -0.140. The summed E-state index contributed by atoms with van der Waals surface area (Å²) in [6, 6.07) is 11.9. The Labute approximate surface area is 233 Å². The maximum Gasteiger partial charge on any atom is 0.242 e. The van der Waals surface area contributed by atoms with Gasteiger partial charge in [0.15, 0.2) is 11.5 Å². The van der Waals surface area contributed by atoms with Crippen molar-refractivity contribution >= 4 is 43.5 Å². The van der Waals surface area contributed by atoms with E-state index in [1.54, 1.807) is 30.0 Å². The van der Waals surface area contributed by atoms with E-state index in [2.05, 4.69) is 21.2 Å². The van der Waals surface area contributed by atoms with Gasteiger partial charge in [0, 0.05) is 36.6 Å². The molecule has 2 amide bonds. The molecule has 0 radical (unpaired) electrons. The maximum atomic E-state index is 13.4. The Hall–Kier alpha value is -2.79. The van der Waals surface area contributed by atoms with Crippen LogP contribution in [0.4, 0.5) is 5.69 Å². The number of benzene rings is 2. The highest BCUT2D eigenvalue weighted by Crippen LogP contribution is 2.34. The van der Waals surface area contributed by atoms with E-state index in [9.17, 15) is 18.0 Å². The molecule has 1 unspecified atom stereocenters. The van der Waals surface area contributed by atoms with Crippen molar-refractivity contribution in [3.8, 4) is 11.5 Å². The summed E-state index contributed by atoms with van der Waals surface area (Å²) in [5.74, 6) is 0.885. The zero-order valence-corrected chi connectivity index (χ0v) is 24.7. The van der Waals surface area contributed by atoms with Crippen LogP contribution < -0.4 is 19.1 Å². The third kappa shape index (κ3) is 8.36. The summed E-state index contributed by atoms with van der Waals surface area (Å²) in [6.45, 7) is 7.43. The predicted octanol–water partition coefficient (Wildman–Crippen LogP) is 3.96. The number of rotatable bonds is 12. The smallest absolute Gasteiger partial charge is 0.242 e. The zero-order chi connectivity index (χ0) is 27.9. The van der Waals surface area contributed by atoms with Crippen LogP contribution in [0.2, 0.25) is 0 Å². The first-order valence-electron chi connectivity index (χ1n) is 12.6. The maximum absolute atomic E-state index is 13.4. The second-order valence-corrected chi connectivity index (χ2v) is 12.6. The SMILES string of the molecule is CC(C)CNC(=O)C(C)N(Cc1ccc(Br)cc1)C(=O)CCCN(c1ccc2c(c1)OCCO2)S(C)(=O)=O. The van der Waals surface area contributed by atoms with E-state index < -0.39 is 16.1 Å². The number of hydrogen-bond acceptors (Lipinski definition) is 6. The van der Waals surface area contributed by atoms with Crippen LogP contribution in [0.5, 0.6) is 11.5 Å². The molecule has 1 N–H and O–H groups in total. The van der Waals surface area contributed by atoms with Gasteiger partial charge in [-0.2, -0.15) is 0 Å². The second-order valence-electron chi connectivity index (χ2n) is 9.73. The van der Waals surface area contributed by atoms with Crippen molar-refractivity contribution in [1.82, 2.24) is 10.2 Å². The van der Waals surface area contributed by atoms with Gasteiger partial charge in [0.1, 0.15) is 19.3 Å². The van der Waals surface area contributed by atoms with Crippen molar-refractivity contribution in [2.75, 3.05) is 36.9 Å². The molecule has 3 rings (SSSR count). The second kappa shape index (κ2) is 13.3. The van der Waals surface area contributed by atoms with E-state index >= 15 is 0 Å². The minimum Gasteiger partial charge on any atom is -0.486 e. The molecule has 0 aliphatic carbocycles. The fourth-order valence-electron chi connectivity index (χ4n) is 4.01. The number of carbonyl (C=O) groups is 2. The summed E-state index contributed by atoms with van der Waals surface area (Å²) in [5.41, 5.74) is 1.33. The van der Waals surface area contributed by atoms with Crippen molar-refractivity contribution in [2.45, 2.75) is 46.2 Å². The van der Waals surface area contributed by atoms with E-state index in [-0.39, 0.29) is 43.7 Å². The number of halogens is 1. The fourth-order valence-corrected chi connectivity index (χ4v) is 5.23. The molecule has 11 heteroatoms. The molecule has 1 atom stereocenters. The minimum atomic E-state index is -3.62. The number of ether oxygens (including phenoxy) is 2. The van der Waals surface area contributed by atoms with Crippen molar-refractivity contribution in [3.63, 3.8) is 0 Å². The zero-order valence-electron chi connectivity index (χ0n) is 22.3. The first-order chi connectivity index (χ1) is 18.0. The molecule has 0 fully saturated rings. The summed E-state index contributed by atoms with van der Waals surface area (Å²) < 4.78 is 38.5. The normalized spacial score (nSPS) is 13.6. The molecule has 1 aliphatic rings.